The van der Waals surface area contributed by atoms with Gasteiger partial charge in [0, 0.05) is 30.5 Å². The van der Waals surface area contributed by atoms with E-state index < -0.39 is 5.60 Å². The first kappa shape index (κ1) is 13.7. The zero-order valence-electron chi connectivity index (χ0n) is 10.9. The Balaban J connectivity index is 1.86. The Hall–Kier alpha value is -1.31. The first-order valence-corrected chi connectivity index (χ1v) is 7.28. The lowest BCUT2D eigenvalue weighted by Gasteiger charge is -2.30. The van der Waals surface area contributed by atoms with Crippen LogP contribution in [0.3, 0.4) is 0 Å². The topological polar surface area (TPSA) is 73.1 Å². The van der Waals surface area contributed by atoms with Crippen molar-refractivity contribution in [2.45, 2.75) is 25.0 Å². The molecule has 1 fully saturated rings. The summed E-state index contributed by atoms with van der Waals surface area (Å²) in [7, 11) is 0. The van der Waals surface area contributed by atoms with Crippen LogP contribution in [0.2, 0.25) is 0 Å². The van der Waals surface area contributed by atoms with Crippen LogP contribution in [0.1, 0.15) is 24.2 Å². The number of aliphatic hydroxyl groups is 1. The van der Waals surface area contributed by atoms with Crippen LogP contribution in [0.25, 0.3) is 0 Å². The van der Waals surface area contributed by atoms with Gasteiger partial charge in [0.15, 0.2) is 5.82 Å². The molecule has 1 aromatic heterocycles. The molecule has 0 bridgehead atoms. The van der Waals surface area contributed by atoms with E-state index in [-0.39, 0.29) is 0 Å². The van der Waals surface area contributed by atoms with E-state index in [0.29, 0.717) is 38.4 Å². The molecule has 3 rings (SSSR count). The molecule has 20 heavy (non-hydrogen) atoms. The number of tetrazole rings is 1. The summed E-state index contributed by atoms with van der Waals surface area (Å²) < 4.78 is 7.96. The van der Waals surface area contributed by atoms with Gasteiger partial charge in [0.25, 0.3) is 0 Å². The average Bonchev–Trinajstić information content (AvgIpc) is 2.88. The summed E-state index contributed by atoms with van der Waals surface area (Å²) in [4.78, 5) is 0. The Bertz CT molecular complexity index is 596. The molecule has 1 saturated heterocycles. The maximum absolute atomic E-state index is 10.7. The monoisotopic (exact) mass is 338 g/mol. The fraction of sp³-hybridized carbons (Fsp3) is 0.462. The third-order valence-corrected chi connectivity index (χ3v) is 3.98. The van der Waals surface area contributed by atoms with E-state index in [1.165, 1.54) is 0 Å². The largest absolute Gasteiger partial charge is 0.382 e. The molecule has 7 heteroatoms. The number of halogens is 1. The lowest BCUT2D eigenvalue weighted by molar-refractivity contribution is -0.0756. The van der Waals surface area contributed by atoms with Crippen LogP contribution in [-0.2, 0) is 16.9 Å². The van der Waals surface area contributed by atoms with Gasteiger partial charge in [-0.15, -0.1) is 5.10 Å². The van der Waals surface area contributed by atoms with Crippen molar-refractivity contribution >= 4 is 15.9 Å². The Kier molecular flexibility index (Phi) is 3.82. The number of aromatic nitrogens is 4. The van der Waals surface area contributed by atoms with Gasteiger partial charge in [-0.2, -0.15) is 0 Å². The summed E-state index contributed by atoms with van der Waals surface area (Å²) in [5, 5.41) is 22.4. The van der Waals surface area contributed by atoms with Crippen molar-refractivity contribution in [1.29, 1.82) is 0 Å². The molecule has 1 aliphatic heterocycles. The highest BCUT2D eigenvalue weighted by molar-refractivity contribution is 9.10. The second kappa shape index (κ2) is 5.59. The van der Waals surface area contributed by atoms with Crippen LogP contribution >= 0.6 is 15.9 Å². The minimum absolute atomic E-state index is 0.515. The van der Waals surface area contributed by atoms with Crippen molar-refractivity contribution in [2.75, 3.05) is 13.2 Å². The molecule has 0 saturated carbocycles. The van der Waals surface area contributed by atoms with Crippen LogP contribution in [0.4, 0.5) is 0 Å². The number of rotatable bonds is 3. The second-order valence-electron chi connectivity index (χ2n) is 4.93. The molecule has 0 unspecified atom stereocenters. The summed E-state index contributed by atoms with van der Waals surface area (Å²) in [6, 6.07) is 7.95. The molecule has 0 spiro atoms. The van der Waals surface area contributed by atoms with Crippen molar-refractivity contribution < 1.29 is 9.84 Å². The number of ether oxygens (including phenoxy) is 1. The molecule has 1 aliphatic rings. The maximum atomic E-state index is 10.7. The highest BCUT2D eigenvalue weighted by Crippen LogP contribution is 2.30. The maximum Gasteiger partial charge on any atom is 0.183 e. The summed E-state index contributed by atoms with van der Waals surface area (Å²) in [5.74, 6) is 0.515. The third-order valence-electron chi connectivity index (χ3n) is 3.49. The SMILES string of the molecule is OC1(c2nnnn2Cc2cccc(Br)c2)CCOCC1. The summed E-state index contributed by atoms with van der Waals surface area (Å²) in [6.45, 7) is 1.59. The Morgan fingerprint density at radius 1 is 1.35 bits per heavy atom. The number of hydrogen-bond acceptors (Lipinski definition) is 5. The average molecular weight is 339 g/mol. The third kappa shape index (κ3) is 2.74. The van der Waals surface area contributed by atoms with Crippen LogP contribution in [0.5, 0.6) is 0 Å². The minimum Gasteiger partial charge on any atom is -0.382 e. The molecule has 2 heterocycles. The van der Waals surface area contributed by atoms with E-state index in [1.807, 2.05) is 24.3 Å². The molecule has 0 atom stereocenters. The van der Waals surface area contributed by atoms with Gasteiger partial charge in [0.1, 0.15) is 5.60 Å². The fourth-order valence-electron chi connectivity index (χ4n) is 2.39. The van der Waals surface area contributed by atoms with Crippen molar-refractivity contribution in [3.05, 3.63) is 40.1 Å². The lowest BCUT2D eigenvalue weighted by Crippen LogP contribution is -2.36. The van der Waals surface area contributed by atoms with Gasteiger partial charge < -0.3 is 9.84 Å². The first-order valence-electron chi connectivity index (χ1n) is 6.49. The molecular formula is C13H15BrN4O2. The van der Waals surface area contributed by atoms with Crippen LogP contribution < -0.4 is 0 Å². The first-order chi connectivity index (χ1) is 9.67. The van der Waals surface area contributed by atoms with Crippen LogP contribution in [0, 0.1) is 0 Å². The van der Waals surface area contributed by atoms with Crippen molar-refractivity contribution in [3.63, 3.8) is 0 Å². The number of nitrogens with zero attached hydrogens (tertiary/aromatic N) is 4. The van der Waals surface area contributed by atoms with Gasteiger partial charge in [0.2, 0.25) is 0 Å². The van der Waals surface area contributed by atoms with Gasteiger partial charge >= 0.3 is 0 Å². The van der Waals surface area contributed by atoms with E-state index in [0.717, 1.165) is 10.0 Å². The number of benzene rings is 1. The Morgan fingerprint density at radius 2 is 2.15 bits per heavy atom. The van der Waals surface area contributed by atoms with Crippen LogP contribution in [-0.4, -0.2) is 38.5 Å². The van der Waals surface area contributed by atoms with E-state index >= 15 is 0 Å². The number of hydrogen-bond donors (Lipinski definition) is 1. The summed E-state index contributed by atoms with van der Waals surface area (Å²) in [5.41, 5.74) is 0.0805. The molecule has 0 radical (unpaired) electrons. The van der Waals surface area contributed by atoms with Gasteiger partial charge in [0.05, 0.1) is 6.54 Å². The minimum atomic E-state index is -0.992. The zero-order chi connectivity index (χ0) is 14.0. The normalized spacial score (nSPS) is 18.1. The molecule has 1 N–H and O–H groups in total. The van der Waals surface area contributed by atoms with Crippen molar-refractivity contribution in [2.24, 2.45) is 0 Å². The van der Waals surface area contributed by atoms with Gasteiger partial charge in [-0.3, -0.25) is 0 Å². The summed E-state index contributed by atoms with van der Waals surface area (Å²) in [6.07, 6.45) is 1.04. The molecule has 2 aromatic rings. The molecule has 0 aliphatic carbocycles. The standard InChI is InChI=1S/C13H15BrN4O2/c14-11-3-1-2-10(8-11)9-18-12(15-16-17-18)13(19)4-6-20-7-5-13/h1-3,8,19H,4-7,9H2. The lowest BCUT2D eigenvalue weighted by atomic mass is 9.93. The highest BCUT2D eigenvalue weighted by atomic mass is 79.9. The zero-order valence-corrected chi connectivity index (χ0v) is 12.5. The predicted molar refractivity (Wildman–Crippen MR) is 75.0 cm³/mol. The van der Waals surface area contributed by atoms with E-state index in [4.69, 9.17) is 4.74 Å². The van der Waals surface area contributed by atoms with Crippen molar-refractivity contribution in [1.82, 2.24) is 20.2 Å². The summed E-state index contributed by atoms with van der Waals surface area (Å²) >= 11 is 3.45. The highest BCUT2D eigenvalue weighted by Gasteiger charge is 2.37. The molecule has 6 nitrogen and oxygen atoms in total. The van der Waals surface area contributed by atoms with Gasteiger partial charge in [-0.1, -0.05) is 28.1 Å². The quantitative estimate of drug-likeness (QED) is 0.917. The van der Waals surface area contributed by atoms with Gasteiger partial charge in [-0.25, -0.2) is 4.68 Å². The van der Waals surface area contributed by atoms with Crippen LogP contribution in [0.15, 0.2) is 28.7 Å². The van der Waals surface area contributed by atoms with E-state index in [2.05, 4.69) is 31.5 Å². The molecule has 0 amide bonds. The molecule has 1 aromatic carbocycles. The van der Waals surface area contributed by atoms with Gasteiger partial charge in [-0.05, 0) is 28.1 Å². The molecule has 106 valence electrons. The Labute approximate surface area is 124 Å². The smallest absolute Gasteiger partial charge is 0.183 e. The predicted octanol–water partition coefficient (Wildman–Crippen LogP) is 1.48. The van der Waals surface area contributed by atoms with Crippen molar-refractivity contribution in [3.8, 4) is 0 Å². The molecular weight excluding hydrogens is 324 g/mol. The second-order valence-corrected chi connectivity index (χ2v) is 5.85. The van der Waals surface area contributed by atoms with E-state index in [9.17, 15) is 5.11 Å². The Morgan fingerprint density at radius 3 is 2.90 bits per heavy atom. The van der Waals surface area contributed by atoms with E-state index in [1.54, 1.807) is 4.68 Å². The fourth-order valence-corrected chi connectivity index (χ4v) is 2.83.